The van der Waals surface area contributed by atoms with Crippen LogP contribution in [0.3, 0.4) is 0 Å². The number of hydrogen-bond donors (Lipinski definition) is 1. The lowest BCUT2D eigenvalue weighted by Crippen LogP contribution is -2.66. The highest BCUT2D eigenvalue weighted by atomic mass is 16.3. The first-order chi connectivity index (χ1) is 14.6. The van der Waals surface area contributed by atoms with E-state index in [1.807, 2.05) is 0 Å². The van der Waals surface area contributed by atoms with E-state index < -0.39 is 0 Å². The fourth-order valence-electron chi connectivity index (χ4n) is 10.5. The Morgan fingerprint density at radius 3 is 2.22 bits per heavy atom. The monoisotopic (exact) mass is 440 g/mol. The summed E-state index contributed by atoms with van der Waals surface area (Å²) in [7, 11) is 0. The van der Waals surface area contributed by atoms with Crippen LogP contribution in [0.5, 0.6) is 0 Å². The van der Waals surface area contributed by atoms with Crippen LogP contribution in [0.2, 0.25) is 0 Å². The second-order valence-electron chi connectivity index (χ2n) is 15.2. The van der Waals surface area contributed by atoms with Gasteiger partial charge in [-0.05, 0) is 95.7 Å². The Labute approximate surface area is 197 Å². The lowest BCUT2D eigenvalue weighted by atomic mass is 9.33. The lowest BCUT2D eigenvalue weighted by molar-refractivity contribution is -0.215. The van der Waals surface area contributed by atoms with E-state index in [-0.39, 0.29) is 38.6 Å². The molecule has 1 N–H and O–H groups in total. The molecule has 5 aliphatic carbocycles. The standard InChI is InChI=1S/C30H48O2/c1-25(2)17-20-19-9-10-22-28(6)13-12-23(31)26(3,4)21(28)11-14-30(22,8)29(19,7)16-15-27(20,5)24(32)18-25/h9-10,19-23,31H,11-18H2,1-8H3. The predicted octanol–water partition coefficient (Wildman–Crippen LogP) is 7.20. The molecular formula is C30H48O2. The van der Waals surface area contributed by atoms with E-state index in [4.69, 9.17) is 0 Å². The van der Waals surface area contributed by atoms with Gasteiger partial charge in [0.25, 0.3) is 0 Å². The SMILES string of the molecule is CC1(C)CC(=O)C2(C)CCC3(C)C(C=CC4C5(C)CCC(O)C(C)(C)C5CCC43C)C2C1. The zero-order valence-electron chi connectivity index (χ0n) is 22.1. The molecule has 4 fully saturated rings. The maximum absolute atomic E-state index is 13.4. The van der Waals surface area contributed by atoms with Gasteiger partial charge >= 0.3 is 0 Å². The quantitative estimate of drug-likeness (QED) is 0.404. The van der Waals surface area contributed by atoms with Crippen molar-refractivity contribution < 1.29 is 9.90 Å². The number of fused-ring (bicyclic) bond motifs is 7. The number of carbonyl (C=O) groups is 1. The van der Waals surface area contributed by atoms with E-state index in [2.05, 4.69) is 67.5 Å². The minimum absolute atomic E-state index is 0.00905. The third-order valence-electron chi connectivity index (χ3n) is 12.9. The van der Waals surface area contributed by atoms with Gasteiger partial charge in [0.05, 0.1) is 6.10 Å². The van der Waals surface area contributed by atoms with Crippen molar-refractivity contribution in [1.29, 1.82) is 0 Å². The first-order valence-corrected chi connectivity index (χ1v) is 13.5. The fourth-order valence-corrected chi connectivity index (χ4v) is 10.5. The van der Waals surface area contributed by atoms with E-state index in [9.17, 15) is 9.90 Å². The molecule has 9 atom stereocenters. The summed E-state index contributed by atoms with van der Waals surface area (Å²) in [5.74, 6) is 2.65. The number of hydrogen-bond acceptors (Lipinski definition) is 2. The van der Waals surface area contributed by atoms with Crippen LogP contribution >= 0.6 is 0 Å². The molecule has 0 saturated heterocycles. The molecule has 4 saturated carbocycles. The van der Waals surface area contributed by atoms with Crippen molar-refractivity contribution in [3.8, 4) is 0 Å². The summed E-state index contributed by atoms with van der Waals surface area (Å²) >= 11 is 0. The van der Waals surface area contributed by atoms with Crippen LogP contribution in [0, 0.1) is 56.2 Å². The Morgan fingerprint density at radius 1 is 0.844 bits per heavy atom. The Balaban J connectivity index is 1.59. The molecule has 9 unspecified atom stereocenters. The molecular weight excluding hydrogens is 392 g/mol. The number of aliphatic hydroxyl groups is 1. The second-order valence-corrected chi connectivity index (χ2v) is 15.2. The highest BCUT2D eigenvalue weighted by Crippen LogP contribution is 2.75. The summed E-state index contributed by atoms with van der Waals surface area (Å²) in [6.07, 6.45) is 13.8. The average Bonchev–Trinajstić information content (AvgIpc) is 2.67. The van der Waals surface area contributed by atoms with Crippen molar-refractivity contribution in [2.45, 2.75) is 113 Å². The van der Waals surface area contributed by atoms with Crippen LogP contribution in [0.4, 0.5) is 0 Å². The average molecular weight is 441 g/mol. The smallest absolute Gasteiger partial charge is 0.139 e. The van der Waals surface area contributed by atoms with Crippen molar-refractivity contribution in [3.05, 3.63) is 12.2 Å². The number of Topliss-reactive ketones (excluding diaryl/α,β-unsaturated/α-hetero) is 1. The molecule has 0 aliphatic heterocycles. The van der Waals surface area contributed by atoms with Gasteiger partial charge in [-0.3, -0.25) is 4.79 Å². The van der Waals surface area contributed by atoms with Crippen LogP contribution < -0.4 is 0 Å². The van der Waals surface area contributed by atoms with E-state index >= 15 is 0 Å². The van der Waals surface area contributed by atoms with Gasteiger partial charge in [0.1, 0.15) is 5.78 Å². The third kappa shape index (κ3) is 2.65. The second kappa shape index (κ2) is 6.52. The van der Waals surface area contributed by atoms with Crippen molar-refractivity contribution >= 4 is 5.78 Å². The fraction of sp³-hybridized carbons (Fsp3) is 0.900. The summed E-state index contributed by atoms with van der Waals surface area (Å²) in [6.45, 7) is 19.4. The van der Waals surface area contributed by atoms with Crippen molar-refractivity contribution in [2.24, 2.45) is 56.2 Å². The predicted molar refractivity (Wildman–Crippen MR) is 131 cm³/mol. The van der Waals surface area contributed by atoms with E-state index in [1.54, 1.807) is 0 Å². The molecule has 0 heterocycles. The van der Waals surface area contributed by atoms with Crippen LogP contribution in [0.15, 0.2) is 12.2 Å². The molecule has 0 spiro atoms. The van der Waals surface area contributed by atoms with Gasteiger partial charge in [-0.15, -0.1) is 0 Å². The molecule has 0 radical (unpaired) electrons. The Kier molecular flexibility index (Phi) is 4.71. The van der Waals surface area contributed by atoms with Crippen LogP contribution in [-0.4, -0.2) is 17.0 Å². The minimum atomic E-state index is -0.174. The van der Waals surface area contributed by atoms with Gasteiger partial charge in [0.15, 0.2) is 0 Å². The summed E-state index contributed by atoms with van der Waals surface area (Å²) in [5, 5.41) is 10.9. The number of rotatable bonds is 0. The number of allylic oxidation sites excluding steroid dienone is 2. The normalized spacial score (nSPS) is 55.9. The van der Waals surface area contributed by atoms with Gasteiger partial charge in [0, 0.05) is 11.8 Å². The first kappa shape index (κ1) is 23.1. The Hall–Kier alpha value is -0.630. The third-order valence-corrected chi connectivity index (χ3v) is 12.9. The Morgan fingerprint density at radius 2 is 1.53 bits per heavy atom. The molecule has 5 aliphatic rings. The molecule has 0 aromatic carbocycles. The molecule has 180 valence electrons. The summed E-state index contributed by atoms with van der Waals surface area (Å²) in [5.41, 5.74) is 0.748. The number of ketones is 1. The van der Waals surface area contributed by atoms with Gasteiger partial charge in [-0.25, -0.2) is 0 Å². The van der Waals surface area contributed by atoms with Gasteiger partial charge in [0.2, 0.25) is 0 Å². The maximum atomic E-state index is 13.4. The number of carbonyl (C=O) groups excluding carboxylic acids is 1. The molecule has 2 heteroatoms. The summed E-state index contributed by atoms with van der Waals surface area (Å²) < 4.78 is 0. The van der Waals surface area contributed by atoms with E-state index in [1.165, 1.54) is 25.7 Å². The molecule has 2 nitrogen and oxygen atoms in total. The molecule has 0 bridgehead atoms. The molecule has 0 aromatic rings. The Bertz CT molecular complexity index is 853. The summed E-state index contributed by atoms with van der Waals surface area (Å²) in [6, 6.07) is 0. The van der Waals surface area contributed by atoms with Crippen LogP contribution in [-0.2, 0) is 4.79 Å². The minimum Gasteiger partial charge on any atom is -0.393 e. The zero-order chi connectivity index (χ0) is 23.5. The zero-order valence-corrected chi connectivity index (χ0v) is 22.1. The van der Waals surface area contributed by atoms with Gasteiger partial charge in [-0.1, -0.05) is 67.5 Å². The lowest BCUT2D eigenvalue weighted by Gasteiger charge is -2.71. The van der Waals surface area contributed by atoms with Crippen LogP contribution in [0.25, 0.3) is 0 Å². The molecule has 0 amide bonds. The number of aliphatic hydroxyl groups excluding tert-OH is 1. The molecule has 5 rings (SSSR count). The van der Waals surface area contributed by atoms with Crippen molar-refractivity contribution in [3.63, 3.8) is 0 Å². The highest BCUT2D eigenvalue weighted by molar-refractivity contribution is 5.86. The highest BCUT2D eigenvalue weighted by Gasteiger charge is 2.69. The van der Waals surface area contributed by atoms with E-state index in [0.29, 0.717) is 29.5 Å². The molecule has 0 aromatic heterocycles. The maximum Gasteiger partial charge on any atom is 0.139 e. The van der Waals surface area contributed by atoms with Crippen molar-refractivity contribution in [1.82, 2.24) is 0 Å². The van der Waals surface area contributed by atoms with Crippen molar-refractivity contribution in [2.75, 3.05) is 0 Å². The van der Waals surface area contributed by atoms with Gasteiger partial charge in [-0.2, -0.15) is 0 Å². The molecule has 32 heavy (non-hydrogen) atoms. The largest absolute Gasteiger partial charge is 0.393 e. The summed E-state index contributed by atoms with van der Waals surface area (Å²) in [4.78, 5) is 13.4. The van der Waals surface area contributed by atoms with Crippen LogP contribution in [0.1, 0.15) is 107 Å². The van der Waals surface area contributed by atoms with E-state index in [0.717, 1.165) is 25.7 Å². The first-order valence-electron chi connectivity index (χ1n) is 13.5. The topological polar surface area (TPSA) is 37.3 Å². The van der Waals surface area contributed by atoms with Gasteiger partial charge < -0.3 is 5.11 Å².